The number of nitrogens with one attached hydrogen (secondary N) is 2. The number of rotatable bonds is 9. The van der Waals surface area contributed by atoms with E-state index in [9.17, 15) is 37.1 Å². The zero-order valence-electron chi connectivity index (χ0n) is 23.4. The molecule has 230 valence electrons. The van der Waals surface area contributed by atoms with E-state index in [1.807, 2.05) is 0 Å². The molecule has 43 heavy (non-hydrogen) atoms. The average molecular weight is 608 g/mol. The number of methoxy groups -OCH3 is 1. The zero-order chi connectivity index (χ0) is 32.1. The van der Waals surface area contributed by atoms with Gasteiger partial charge in [0.2, 0.25) is 5.95 Å². The molecule has 14 nitrogen and oxygen atoms in total. The lowest BCUT2D eigenvalue weighted by Gasteiger charge is -2.24. The van der Waals surface area contributed by atoms with E-state index in [4.69, 9.17) is 10.5 Å². The molecular weight excluding hydrogens is 579 g/mol. The van der Waals surface area contributed by atoms with Crippen molar-refractivity contribution in [3.05, 3.63) is 52.1 Å². The number of aromatic nitrogens is 4. The predicted octanol–water partition coefficient (Wildman–Crippen LogP) is 1.78. The molecule has 1 aromatic carbocycles. The molecule has 0 aliphatic carbocycles. The number of halogens is 3. The van der Waals surface area contributed by atoms with Crippen LogP contribution in [0.25, 0.3) is 11.2 Å². The number of ether oxygens (including phenoxy) is 2. The molecular formula is C26H28F3N7O7. The monoisotopic (exact) mass is 607 g/mol. The summed E-state index contributed by atoms with van der Waals surface area (Å²) in [7, 11) is 1.10. The molecule has 4 N–H and O–H groups in total. The molecule has 0 saturated heterocycles. The summed E-state index contributed by atoms with van der Waals surface area (Å²) in [5.74, 6) is -4.72. The maximum atomic E-state index is 13.5. The Bertz CT molecular complexity index is 1590. The van der Waals surface area contributed by atoms with Crippen LogP contribution in [0.5, 0.6) is 0 Å². The maximum absolute atomic E-state index is 13.5. The number of alkyl halides is 3. The number of nitrogen functional groups attached to an aromatic ring is 1. The molecule has 1 atom stereocenters. The van der Waals surface area contributed by atoms with Crippen LogP contribution in [0, 0.1) is 0 Å². The Morgan fingerprint density at radius 2 is 1.74 bits per heavy atom. The largest absolute Gasteiger partial charge is 0.471 e. The second-order valence-electron chi connectivity index (χ2n) is 10.1. The third kappa shape index (κ3) is 8.70. The zero-order valence-corrected chi connectivity index (χ0v) is 23.4. The third-order valence-electron chi connectivity index (χ3n) is 5.58. The summed E-state index contributed by atoms with van der Waals surface area (Å²) in [5, 5.41) is 2.42. The number of fused-ring (bicyclic) bond motifs is 1. The van der Waals surface area contributed by atoms with E-state index in [-0.39, 0.29) is 46.9 Å². The van der Waals surface area contributed by atoms with E-state index >= 15 is 0 Å². The summed E-state index contributed by atoms with van der Waals surface area (Å²) in [4.78, 5) is 75.7. The van der Waals surface area contributed by atoms with Crippen LogP contribution in [-0.2, 0) is 30.4 Å². The highest BCUT2D eigenvalue weighted by Crippen LogP contribution is 2.26. The maximum Gasteiger partial charge on any atom is 0.471 e. The number of H-pyrrole nitrogens is 1. The number of carbonyl (C=O) groups excluding carboxylic acids is 4. The van der Waals surface area contributed by atoms with Crippen LogP contribution in [0.2, 0.25) is 0 Å². The molecule has 0 aliphatic rings. The quantitative estimate of drug-likeness (QED) is 0.300. The van der Waals surface area contributed by atoms with Gasteiger partial charge in [0.15, 0.2) is 11.2 Å². The minimum Gasteiger partial charge on any atom is -0.467 e. The number of benzene rings is 1. The molecule has 0 aliphatic heterocycles. The van der Waals surface area contributed by atoms with E-state index in [0.29, 0.717) is 4.90 Å². The van der Waals surface area contributed by atoms with Crippen LogP contribution in [0.1, 0.15) is 49.7 Å². The van der Waals surface area contributed by atoms with Crippen LogP contribution in [-0.4, -0.2) is 68.6 Å². The van der Waals surface area contributed by atoms with Gasteiger partial charge >= 0.3 is 24.0 Å². The Balaban J connectivity index is 1.82. The van der Waals surface area contributed by atoms with E-state index in [2.05, 4.69) is 30.0 Å². The number of nitrogens with zero attached hydrogens (tertiary/aromatic N) is 4. The van der Waals surface area contributed by atoms with Crippen molar-refractivity contribution in [3.63, 3.8) is 0 Å². The van der Waals surface area contributed by atoms with Crippen molar-refractivity contribution in [2.75, 3.05) is 17.7 Å². The van der Waals surface area contributed by atoms with E-state index in [1.165, 1.54) is 0 Å². The van der Waals surface area contributed by atoms with Gasteiger partial charge in [0.25, 0.3) is 11.5 Å². The van der Waals surface area contributed by atoms with Crippen LogP contribution in [0.15, 0.2) is 35.3 Å². The van der Waals surface area contributed by atoms with E-state index in [0.717, 1.165) is 37.6 Å². The summed E-state index contributed by atoms with van der Waals surface area (Å²) >= 11 is 0. The van der Waals surface area contributed by atoms with E-state index < -0.39 is 53.7 Å². The Hall–Kier alpha value is -5.09. The van der Waals surface area contributed by atoms with Gasteiger partial charge in [-0.25, -0.2) is 14.8 Å². The molecule has 1 unspecified atom stereocenters. The molecule has 0 fully saturated rings. The van der Waals surface area contributed by atoms with Gasteiger partial charge in [-0.2, -0.15) is 18.2 Å². The Morgan fingerprint density at radius 3 is 2.33 bits per heavy atom. The number of hydrogen-bond acceptors (Lipinski definition) is 11. The highest BCUT2D eigenvalue weighted by Gasteiger charge is 2.43. The highest BCUT2D eigenvalue weighted by molar-refractivity contribution is 5.99. The molecule has 3 aromatic rings. The molecule has 0 bridgehead atoms. The minimum absolute atomic E-state index is 0.0741. The Morgan fingerprint density at radius 1 is 1.09 bits per heavy atom. The SMILES string of the molecule is COC(=O)C(CCC(=O)OC(C)(C)C)NC(=O)c1ccc(N(Cc2cnc3nc(N)[nH]c(=O)c3n2)C(=O)C(F)(F)F)cc1. The second kappa shape index (κ2) is 12.8. The number of esters is 2. The van der Waals surface area contributed by atoms with Crippen molar-refractivity contribution in [1.29, 1.82) is 0 Å². The second-order valence-corrected chi connectivity index (χ2v) is 10.1. The fourth-order valence-electron chi connectivity index (χ4n) is 3.72. The smallest absolute Gasteiger partial charge is 0.467 e. The van der Waals surface area contributed by atoms with Crippen LogP contribution >= 0.6 is 0 Å². The lowest BCUT2D eigenvalue weighted by atomic mass is 10.1. The van der Waals surface area contributed by atoms with Crippen molar-refractivity contribution in [3.8, 4) is 0 Å². The van der Waals surface area contributed by atoms with Gasteiger partial charge in [-0.05, 0) is 51.5 Å². The number of anilines is 2. The van der Waals surface area contributed by atoms with Gasteiger partial charge < -0.3 is 20.5 Å². The Kier molecular flexibility index (Phi) is 9.67. The molecule has 3 rings (SSSR count). The molecule has 17 heteroatoms. The first-order valence-corrected chi connectivity index (χ1v) is 12.6. The van der Waals surface area contributed by atoms with Crippen molar-refractivity contribution < 1.29 is 41.8 Å². The first-order valence-electron chi connectivity index (χ1n) is 12.6. The average Bonchev–Trinajstić information content (AvgIpc) is 2.91. The fraction of sp³-hybridized carbons (Fsp3) is 0.385. The molecule has 2 aromatic heterocycles. The van der Waals surface area contributed by atoms with Gasteiger partial charge in [-0.15, -0.1) is 0 Å². The van der Waals surface area contributed by atoms with Crippen LogP contribution < -0.4 is 21.5 Å². The lowest BCUT2D eigenvalue weighted by Crippen LogP contribution is -2.42. The van der Waals surface area contributed by atoms with Crippen molar-refractivity contribution in [1.82, 2.24) is 25.3 Å². The van der Waals surface area contributed by atoms with E-state index in [1.54, 1.807) is 20.8 Å². The van der Waals surface area contributed by atoms with Crippen molar-refractivity contribution in [2.45, 2.75) is 58.0 Å². The normalized spacial score (nSPS) is 12.3. The molecule has 2 amide bonds. The molecule has 2 heterocycles. The van der Waals surface area contributed by atoms with Gasteiger partial charge in [-0.1, -0.05) is 0 Å². The third-order valence-corrected chi connectivity index (χ3v) is 5.58. The van der Waals surface area contributed by atoms with Gasteiger partial charge in [-0.3, -0.25) is 29.1 Å². The predicted molar refractivity (Wildman–Crippen MR) is 144 cm³/mol. The van der Waals surface area contributed by atoms with Gasteiger partial charge in [0, 0.05) is 17.7 Å². The van der Waals surface area contributed by atoms with Gasteiger partial charge in [0.1, 0.15) is 11.6 Å². The summed E-state index contributed by atoms with van der Waals surface area (Å²) < 4.78 is 50.3. The highest BCUT2D eigenvalue weighted by atomic mass is 19.4. The first kappa shape index (κ1) is 32.4. The van der Waals surface area contributed by atoms with Gasteiger partial charge in [0.05, 0.1) is 25.5 Å². The van der Waals surface area contributed by atoms with Crippen molar-refractivity contribution >= 4 is 46.6 Å². The summed E-state index contributed by atoms with van der Waals surface area (Å²) in [5.41, 5.74) is 2.96. The number of hydrogen-bond donors (Lipinski definition) is 3. The topological polar surface area (TPSA) is 200 Å². The van der Waals surface area contributed by atoms with Crippen molar-refractivity contribution in [2.24, 2.45) is 0 Å². The number of aromatic amines is 1. The summed E-state index contributed by atoms with van der Waals surface area (Å²) in [6.07, 6.45) is -4.60. The molecule has 0 radical (unpaired) electrons. The number of nitrogens with two attached hydrogens (primary N) is 1. The molecule has 0 saturated carbocycles. The van der Waals surface area contributed by atoms with Crippen LogP contribution in [0.4, 0.5) is 24.8 Å². The van der Waals surface area contributed by atoms with Crippen LogP contribution in [0.3, 0.4) is 0 Å². The minimum atomic E-state index is -5.28. The summed E-state index contributed by atoms with van der Waals surface area (Å²) in [6.45, 7) is 4.26. The fourth-order valence-corrected chi connectivity index (χ4v) is 3.72. The lowest BCUT2D eigenvalue weighted by molar-refractivity contribution is -0.170. The number of carbonyl (C=O) groups is 4. The Labute approximate surface area is 241 Å². The standard InChI is InChI=1S/C26H28F3N7O7/c1-25(2,3)43-17(37)10-9-16(22(40)42-4)33-20(38)13-5-7-15(8-6-13)36(23(41)26(27,28)29)12-14-11-31-19-18(32-14)21(39)35-24(30)34-19/h5-8,11,16H,9-10,12H2,1-4H3,(H,33,38)(H3,30,31,34,35,39). The first-order chi connectivity index (χ1) is 20.0. The molecule has 0 spiro atoms. The summed E-state index contributed by atoms with van der Waals surface area (Å²) in [6, 6.07) is 3.19. The number of amides is 2.